The minimum atomic E-state index is -1.21. The van der Waals surface area contributed by atoms with E-state index in [-0.39, 0.29) is 0 Å². The molecule has 8 nitrogen and oxygen atoms in total. The molecule has 0 radical (unpaired) electrons. The van der Waals surface area contributed by atoms with Gasteiger partial charge in [0.1, 0.15) is 36.0 Å². The van der Waals surface area contributed by atoms with Crippen LogP contribution in [0.15, 0.2) is 53.4 Å². The van der Waals surface area contributed by atoms with E-state index >= 15 is 0 Å². The van der Waals surface area contributed by atoms with Gasteiger partial charge in [0, 0.05) is 5.39 Å². The summed E-state index contributed by atoms with van der Waals surface area (Å²) in [6.45, 7) is -0.390. The Balaban J connectivity index is 1.82. The van der Waals surface area contributed by atoms with Gasteiger partial charge >= 0.3 is 0 Å². The van der Waals surface area contributed by atoms with Crippen LogP contribution in [0.5, 0.6) is 0 Å². The number of aliphatic hydroxyl groups excluding tert-OH is 3. The third-order valence-electron chi connectivity index (χ3n) is 5.01. The van der Waals surface area contributed by atoms with Gasteiger partial charge in [-0.05, 0) is 18.2 Å². The topological polar surface area (TPSA) is 114 Å². The summed E-state index contributed by atoms with van der Waals surface area (Å²) in [5.74, 6) is 0.603. The Morgan fingerprint density at radius 1 is 1.04 bits per heavy atom. The molecule has 0 unspecified atom stereocenters. The second-order valence-electron chi connectivity index (χ2n) is 6.51. The maximum atomic E-state index is 10.5. The van der Waals surface area contributed by atoms with Crippen LogP contribution in [0, 0.1) is 0 Å². The predicted octanol–water partition coefficient (Wildman–Crippen LogP) is 1.46. The Morgan fingerprint density at radius 3 is 2.63 bits per heavy atom. The van der Waals surface area contributed by atoms with E-state index in [2.05, 4.69) is 9.97 Å². The minimum Gasteiger partial charge on any atom is -0.463 e. The lowest BCUT2D eigenvalue weighted by atomic mass is 10.1. The number of rotatable bonds is 3. The molecule has 4 atom stereocenters. The molecule has 138 valence electrons. The molecule has 5 rings (SSSR count). The molecular formula is C19H17N3O5. The Bertz CT molecular complexity index is 1110. The zero-order valence-corrected chi connectivity index (χ0v) is 14.1. The van der Waals surface area contributed by atoms with Gasteiger partial charge in [-0.25, -0.2) is 9.97 Å². The number of benzene rings is 1. The molecule has 0 saturated carbocycles. The Kier molecular flexibility index (Phi) is 3.73. The van der Waals surface area contributed by atoms with Crippen molar-refractivity contribution in [2.24, 2.45) is 0 Å². The number of nitrogens with zero attached hydrogens (tertiary/aromatic N) is 3. The summed E-state index contributed by atoms with van der Waals surface area (Å²) >= 11 is 0. The van der Waals surface area contributed by atoms with Crippen LogP contribution in [-0.2, 0) is 4.74 Å². The average Bonchev–Trinajstić information content (AvgIpc) is 3.40. The number of para-hydroxylation sites is 1. The van der Waals surface area contributed by atoms with Crippen molar-refractivity contribution < 1.29 is 24.5 Å². The number of furan rings is 1. The highest BCUT2D eigenvalue weighted by atomic mass is 16.6. The first kappa shape index (κ1) is 16.4. The van der Waals surface area contributed by atoms with E-state index in [1.165, 1.54) is 6.33 Å². The molecule has 0 amide bonds. The number of ether oxygens (including phenoxy) is 1. The molecule has 0 bridgehead atoms. The van der Waals surface area contributed by atoms with Gasteiger partial charge in [-0.2, -0.15) is 0 Å². The van der Waals surface area contributed by atoms with Crippen LogP contribution in [0.1, 0.15) is 6.23 Å². The van der Waals surface area contributed by atoms with E-state index in [1.807, 2.05) is 30.3 Å². The van der Waals surface area contributed by atoms with Crippen molar-refractivity contribution in [3.8, 4) is 11.5 Å². The molecule has 0 spiro atoms. The average molecular weight is 367 g/mol. The summed E-state index contributed by atoms with van der Waals surface area (Å²) in [4.78, 5) is 8.81. The smallest absolute Gasteiger partial charge is 0.165 e. The normalized spacial score (nSPS) is 25.6. The lowest BCUT2D eigenvalue weighted by Gasteiger charge is -2.18. The first-order valence-electron chi connectivity index (χ1n) is 8.60. The Hall–Kier alpha value is -2.78. The molecule has 4 heterocycles. The minimum absolute atomic E-state index is 0.390. The molecule has 8 heteroatoms. The molecule has 4 aromatic rings. The van der Waals surface area contributed by atoms with Gasteiger partial charge in [-0.1, -0.05) is 18.2 Å². The van der Waals surface area contributed by atoms with Crippen LogP contribution < -0.4 is 0 Å². The summed E-state index contributed by atoms with van der Waals surface area (Å²) in [7, 11) is 0. The molecule has 1 fully saturated rings. The molecule has 27 heavy (non-hydrogen) atoms. The number of aromatic nitrogens is 3. The summed E-state index contributed by atoms with van der Waals surface area (Å²) in [5.41, 5.74) is 1.95. The van der Waals surface area contributed by atoms with Crippen molar-refractivity contribution in [2.75, 3.05) is 6.61 Å². The second kappa shape index (κ2) is 6.14. The van der Waals surface area contributed by atoms with Crippen molar-refractivity contribution in [3.05, 3.63) is 49.0 Å². The van der Waals surface area contributed by atoms with Gasteiger partial charge in [-0.3, -0.25) is 4.57 Å². The van der Waals surface area contributed by atoms with E-state index in [9.17, 15) is 15.3 Å². The van der Waals surface area contributed by atoms with Crippen LogP contribution in [-0.4, -0.2) is 54.8 Å². The van der Waals surface area contributed by atoms with Crippen molar-refractivity contribution in [1.29, 1.82) is 0 Å². The molecule has 3 aromatic heterocycles. The number of hydrogen-bond acceptors (Lipinski definition) is 7. The van der Waals surface area contributed by atoms with E-state index in [4.69, 9.17) is 9.15 Å². The number of hydrogen-bond donors (Lipinski definition) is 3. The maximum absolute atomic E-state index is 10.5. The van der Waals surface area contributed by atoms with Crippen molar-refractivity contribution in [3.63, 3.8) is 0 Å². The van der Waals surface area contributed by atoms with Gasteiger partial charge < -0.3 is 24.5 Å². The standard InChI is InChI=1S/C19H17N3O5/c23-8-13-16(24)17(25)19(27-13)22-11-5-2-1-4-10(11)14-15(12-6-3-7-26-12)20-9-21-18(14)22/h1-7,9,13,16-17,19,23-25H,8H2/t13-,16-,17-,19-/m1/s1. The third kappa shape index (κ3) is 2.31. The predicted molar refractivity (Wildman–Crippen MR) is 95.7 cm³/mol. The van der Waals surface area contributed by atoms with Crippen molar-refractivity contribution in [2.45, 2.75) is 24.5 Å². The second-order valence-corrected chi connectivity index (χ2v) is 6.51. The van der Waals surface area contributed by atoms with Gasteiger partial charge in [-0.15, -0.1) is 0 Å². The molecule has 1 aromatic carbocycles. The van der Waals surface area contributed by atoms with E-state index in [0.29, 0.717) is 17.1 Å². The third-order valence-corrected chi connectivity index (χ3v) is 5.01. The molecule has 1 saturated heterocycles. The van der Waals surface area contributed by atoms with Gasteiger partial charge in [0.05, 0.1) is 23.8 Å². The lowest BCUT2D eigenvalue weighted by molar-refractivity contribution is -0.0489. The van der Waals surface area contributed by atoms with E-state index in [1.54, 1.807) is 16.9 Å². The lowest BCUT2D eigenvalue weighted by Crippen LogP contribution is -2.33. The zero-order chi connectivity index (χ0) is 18.5. The number of aliphatic hydroxyl groups is 3. The van der Waals surface area contributed by atoms with Crippen LogP contribution in [0.4, 0.5) is 0 Å². The summed E-state index contributed by atoms with van der Waals surface area (Å²) < 4.78 is 13.0. The fourth-order valence-electron chi connectivity index (χ4n) is 3.77. The van der Waals surface area contributed by atoms with Crippen molar-refractivity contribution >= 4 is 21.9 Å². The van der Waals surface area contributed by atoms with Gasteiger partial charge in [0.15, 0.2) is 12.0 Å². The van der Waals surface area contributed by atoms with Crippen LogP contribution in [0.2, 0.25) is 0 Å². The highest BCUT2D eigenvalue weighted by Gasteiger charge is 2.44. The monoisotopic (exact) mass is 367 g/mol. The summed E-state index contributed by atoms with van der Waals surface area (Å²) in [6, 6.07) is 11.2. The zero-order valence-electron chi connectivity index (χ0n) is 14.1. The molecule has 0 aliphatic carbocycles. The first-order valence-corrected chi connectivity index (χ1v) is 8.60. The van der Waals surface area contributed by atoms with E-state index < -0.39 is 31.1 Å². The van der Waals surface area contributed by atoms with Crippen LogP contribution in [0.3, 0.4) is 0 Å². The molecule has 3 N–H and O–H groups in total. The Labute approximate surface area is 153 Å². The molecule has 1 aliphatic heterocycles. The number of fused-ring (bicyclic) bond motifs is 3. The Morgan fingerprint density at radius 2 is 1.89 bits per heavy atom. The highest BCUT2D eigenvalue weighted by Crippen LogP contribution is 2.39. The summed E-state index contributed by atoms with van der Waals surface area (Å²) in [5, 5.41) is 31.8. The van der Waals surface area contributed by atoms with Gasteiger partial charge in [0.25, 0.3) is 0 Å². The molecular weight excluding hydrogens is 350 g/mol. The van der Waals surface area contributed by atoms with Crippen molar-refractivity contribution in [1.82, 2.24) is 14.5 Å². The first-order chi connectivity index (χ1) is 13.2. The largest absolute Gasteiger partial charge is 0.463 e. The van der Waals surface area contributed by atoms with Gasteiger partial charge in [0.2, 0.25) is 0 Å². The fraction of sp³-hybridized carbons (Fsp3) is 0.263. The molecule has 1 aliphatic rings. The van der Waals surface area contributed by atoms with Crippen LogP contribution in [0.25, 0.3) is 33.4 Å². The van der Waals surface area contributed by atoms with E-state index in [0.717, 1.165) is 16.3 Å². The quantitative estimate of drug-likeness (QED) is 0.502. The fourth-order valence-corrected chi connectivity index (χ4v) is 3.77. The van der Waals surface area contributed by atoms with Crippen LogP contribution >= 0.6 is 0 Å². The highest BCUT2D eigenvalue weighted by molar-refractivity contribution is 6.12. The maximum Gasteiger partial charge on any atom is 0.165 e. The summed E-state index contributed by atoms with van der Waals surface area (Å²) in [6.07, 6.45) is -1.15. The SMILES string of the molecule is OC[C@H]1O[C@@H](n2c3ccccc3c3c(-c4ccco4)ncnc32)[C@H](O)[C@@H]1O.